The predicted octanol–water partition coefficient (Wildman–Crippen LogP) is 5.90. The van der Waals surface area contributed by atoms with Crippen LogP contribution in [0.1, 0.15) is 13.3 Å². The van der Waals surface area contributed by atoms with E-state index in [4.69, 9.17) is 5.26 Å². The third-order valence-corrected chi connectivity index (χ3v) is 4.20. The van der Waals surface area contributed by atoms with Crippen LogP contribution in [0.25, 0.3) is 11.3 Å². The van der Waals surface area contributed by atoms with E-state index in [2.05, 4.69) is 33.1 Å². The Labute approximate surface area is 159 Å². The summed E-state index contributed by atoms with van der Waals surface area (Å²) in [5, 5.41) is 17.4. The average molecular weight is 355 g/mol. The van der Waals surface area contributed by atoms with Gasteiger partial charge in [0.05, 0.1) is 29.6 Å². The molecule has 0 amide bonds. The first-order valence-electron chi connectivity index (χ1n) is 8.95. The number of benzene rings is 2. The molecule has 3 rings (SSSR count). The fraction of sp³-hybridized carbons (Fsp3) is 0.182. The number of anilines is 1. The van der Waals surface area contributed by atoms with Crippen LogP contribution in [0.5, 0.6) is 0 Å². The van der Waals surface area contributed by atoms with Gasteiger partial charge in [0.15, 0.2) is 0 Å². The van der Waals surface area contributed by atoms with E-state index < -0.39 is 0 Å². The molecule has 0 aliphatic carbocycles. The lowest BCUT2D eigenvalue weighted by Crippen LogP contribution is -2.23. The van der Waals surface area contributed by atoms with Gasteiger partial charge in [-0.1, -0.05) is 18.2 Å². The summed E-state index contributed by atoms with van der Waals surface area (Å²) in [5.41, 5.74) is 4.67. The lowest BCUT2D eigenvalue weighted by molar-refractivity contribution is 0.827. The molecule has 3 aromatic rings. The van der Waals surface area contributed by atoms with Crippen molar-refractivity contribution < 1.29 is 0 Å². The van der Waals surface area contributed by atoms with Crippen molar-refractivity contribution in [1.29, 1.82) is 5.26 Å². The minimum atomic E-state index is 0.518. The topological polar surface area (TPSA) is 64.6 Å². The van der Waals surface area contributed by atoms with Gasteiger partial charge in [-0.15, -0.1) is 0 Å². The molecule has 27 heavy (non-hydrogen) atoms. The fourth-order valence-corrected chi connectivity index (χ4v) is 2.73. The molecule has 5 heteroatoms. The van der Waals surface area contributed by atoms with Crippen LogP contribution in [-0.4, -0.2) is 18.1 Å². The molecule has 0 unspecified atom stereocenters. The summed E-state index contributed by atoms with van der Waals surface area (Å²) in [5.74, 6) is 0. The number of nitrogens with zero attached hydrogens (tertiary/aromatic N) is 5. The Bertz CT molecular complexity index is 910. The number of pyridine rings is 1. The molecule has 0 fully saturated rings. The van der Waals surface area contributed by atoms with Gasteiger partial charge in [-0.05, 0) is 55.5 Å². The molecule has 134 valence electrons. The van der Waals surface area contributed by atoms with Crippen molar-refractivity contribution in [1.82, 2.24) is 4.98 Å². The van der Waals surface area contributed by atoms with Gasteiger partial charge in [-0.3, -0.25) is 4.98 Å². The summed E-state index contributed by atoms with van der Waals surface area (Å²) in [7, 11) is 0. The number of hydrogen-bond acceptors (Lipinski definition) is 5. The highest BCUT2D eigenvalue weighted by molar-refractivity contribution is 5.61. The molecule has 0 spiro atoms. The summed E-state index contributed by atoms with van der Waals surface area (Å²) >= 11 is 0. The van der Waals surface area contributed by atoms with Crippen LogP contribution < -0.4 is 4.90 Å². The van der Waals surface area contributed by atoms with Crippen molar-refractivity contribution in [3.8, 4) is 17.3 Å². The highest BCUT2D eigenvalue weighted by Gasteiger charge is 2.03. The average Bonchev–Trinajstić information content (AvgIpc) is 2.74. The Kier molecular flexibility index (Phi) is 6.26. The van der Waals surface area contributed by atoms with Gasteiger partial charge in [0.2, 0.25) is 0 Å². The van der Waals surface area contributed by atoms with Crippen LogP contribution in [0.4, 0.5) is 17.1 Å². The van der Waals surface area contributed by atoms with Crippen molar-refractivity contribution in [3.63, 3.8) is 0 Å². The summed E-state index contributed by atoms with van der Waals surface area (Å²) < 4.78 is 0. The van der Waals surface area contributed by atoms with Gasteiger partial charge in [-0.25, -0.2) is 0 Å². The Hall–Kier alpha value is -3.52. The molecule has 0 aliphatic heterocycles. The fourth-order valence-electron chi connectivity index (χ4n) is 2.73. The standard InChI is InChI=1S/C22H21N5/c1-2-27(17-5-15-23)21-13-11-20(12-14-21)26-25-19-9-7-18(8-10-19)22-6-3-4-16-24-22/h3-4,6-14,16H,2,5,17H2,1H3. The second-order valence-electron chi connectivity index (χ2n) is 5.97. The van der Waals surface area contributed by atoms with Crippen LogP contribution in [0.3, 0.4) is 0 Å². The first kappa shape index (κ1) is 18.3. The summed E-state index contributed by atoms with van der Waals surface area (Å²) in [6.07, 6.45) is 2.30. The summed E-state index contributed by atoms with van der Waals surface area (Å²) in [6.45, 7) is 3.68. The summed E-state index contributed by atoms with van der Waals surface area (Å²) in [4.78, 5) is 6.51. The van der Waals surface area contributed by atoms with Crippen molar-refractivity contribution in [2.24, 2.45) is 10.2 Å². The van der Waals surface area contributed by atoms with Crippen LogP contribution in [-0.2, 0) is 0 Å². The molecule has 1 aromatic heterocycles. The van der Waals surface area contributed by atoms with E-state index in [1.807, 2.05) is 66.7 Å². The molecule has 0 N–H and O–H groups in total. The van der Waals surface area contributed by atoms with Gasteiger partial charge in [0.1, 0.15) is 0 Å². The van der Waals surface area contributed by atoms with Gasteiger partial charge in [0, 0.05) is 30.5 Å². The van der Waals surface area contributed by atoms with Crippen LogP contribution >= 0.6 is 0 Å². The van der Waals surface area contributed by atoms with E-state index in [9.17, 15) is 0 Å². The number of nitriles is 1. The van der Waals surface area contributed by atoms with Crippen LogP contribution in [0, 0.1) is 11.3 Å². The van der Waals surface area contributed by atoms with Gasteiger partial charge in [0.25, 0.3) is 0 Å². The minimum Gasteiger partial charge on any atom is -0.371 e. The minimum absolute atomic E-state index is 0.518. The molecule has 1 heterocycles. The molecule has 0 saturated heterocycles. The van der Waals surface area contributed by atoms with E-state index >= 15 is 0 Å². The predicted molar refractivity (Wildman–Crippen MR) is 108 cm³/mol. The van der Waals surface area contributed by atoms with Crippen LogP contribution in [0.15, 0.2) is 83.2 Å². The number of aromatic nitrogens is 1. The third-order valence-electron chi connectivity index (χ3n) is 4.20. The highest BCUT2D eigenvalue weighted by Crippen LogP contribution is 2.24. The van der Waals surface area contributed by atoms with E-state index in [1.165, 1.54) is 0 Å². The maximum Gasteiger partial charge on any atom is 0.0858 e. The molecule has 2 aromatic carbocycles. The first-order valence-corrected chi connectivity index (χ1v) is 8.95. The number of rotatable bonds is 7. The van der Waals surface area contributed by atoms with Gasteiger partial charge < -0.3 is 4.90 Å². The molecule has 0 aliphatic rings. The molecular weight excluding hydrogens is 334 g/mol. The molecule has 0 atom stereocenters. The lowest BCUT2D eigenvalue weighted by atomic mass is 10.1. The van der Waals surface area contributed by atoms with Crippen LogP contribution in [0.2, 0.25) is 0 Å². The van der Waals surface area contributed by atoms with Gasteiger partial charge >= 0.3 is 0 Å². The van der Waals surface area contributed by atoms with E-state index in [0.717, 1.165) is 41.4 Å². The normalized spacial score (nSPS) is 10.7. The Balaban J connectivity index is 1.66. The second kappa shape index (κ2) is 9.25. The first-order chi connectivity index (χ1) is 13.3. The summed E-state index contributed by atoms with van der Waals surface area (Å²) in [6, 6.07) is 23.8. The quantitative estimate of drug-likeness (QED) is 0.495. The van der Waals surface area contributed by atoms with Crippen molar-refractivity contribution in [2.45, 2.75) is 13.3 Å². The Morgan fingerprint density at radius 2 is 1.59 bits per heavy atom. The Morgan fingerprint density at radius 3 is 2.15 bits per heavy atom. The molecule has 0 bridgehead atoms. The molecule has 0 radical (unpaired) electrons. The third kappa shape index (κ3) is 4.99. The van der Waals surface area contributed by atoms with Gasteiger partial charge in [-0.2, -0.15) is 15.5 Å². The zero-order valence-corrected chi connectivity index (χ0v) is 15.3. The highest BCUT2D eigenvalue weighted by atomic mass is 15.1. The largest absolute Gasteiger partial charge is 0.371 e. The zero-order chi connectivity index (χ0) is 18.9. The lowest BCUT2D eigenvalue weighted by Gasteiger charge is -2.21. The van der Waals surface area contributed by atoms with Crippen molar-refractivity contribution in [3.05, 3.63) is 72.9 Å². The molecular formula is C22H21N5. The Morgan fingerprint density at radius 1 is 0.926 bits per heavy atom. The van der Waals surface area contributed by atoms with E-state index in [1.54, 1.807) is 6.20 Å². The maximum absolute atomic E-state index is 8.75. The van der Waals surface area contributed by atoms with Crippen molar-refractivity contribution in [2.75, 3.05) is 18.0 Å². The number of azo groups is 1. The SMILES string of the molecule is CCN(CCC#N)c1ccc(N=Nc2ccc(-c3ccccn3)cc2)cc1. The number of hydrogen-bond donors (Lipinski definition) is 0. The van der Waals surface area contributed by atoms with Crippen molar-refractivity contribution >= 4 is 17.1 Å². The second-order valence-corrected chi connectivity index (χ2v) is 5.97. The molecule has 5 nitrogen and oxygen atoms in total. The monoisotopic (exact) mass is 355 g/mol. The smallest absolute Gasteiger partial charge is 0.0858 e. The van der Waals surface area contributed by atoms with E-state index in [-0.39, 0.29) is 0 Å². The van der Waals surface area contributed by atoms with E-state index in [0.29, 0.717) is 6.42 Å². The molecule has 0 saturated carbocycles. The zero-order valence-electron chi connectivity index (χ0n) is 15.3. The maximum atomic E-state index is 8.75.